The molecule has 0 spiro atoms. The van der Waals surface area contributed by atoms with E-state index in [-0.39, 0.29) is 11.4 Å². The molecule has 4 fully saturated rings. The van der Waals surface area contributed by atoms with E-state index in [2.05, 4.69) is 4.99 Å². The van der Waals surface area contributed by atoms with E-state index in [4.69, 9.17) is 4.74 Å². The van der Waals surface area contributed by atoms with Crippen molar-refractivity contribution in [1.82, 2.24) is 0 Å². The van der Waals surface area contributed by atoms with Crippen molar-refractivity contribution in [3.05, 3.63) is 41.6 Å². The topological polar surface area (TPSA) is 38.7 Å². The fraction of sp³-hybridized carbons (Fsp3) is 0.500. The van der Waals surface area contributed by atoms with Crippen LogP contribution in [0, 0.1) is 23.2 Å². The molecule has 23 heavy (non-hydrogen) atoms. The Morgan fingerprint density at radius 2 is 1.61 bits per heavy atom. The second-order valence-corrected chi connectivity index (χ2v) is 7.94. The van der Waals surface area contributed by atoms with Crippen LogP contribution >= 0.6 is 0 Å². The Labute approximate surface area is 136 Å². The molecule has 3 nitrogen and oxygen atoms in total. The van der Waals surface area contributed by atoms with Gasteiger partial charge in [0.2, 0.25) is 5.90 Å². The van der Waals surface area contributed by atoms with Crippen molar-refractivity contribution in [2.24, 2.45) is 28.2 Å². The fourth-order valence-electron chi connectivity index (χ4n) is 5.72. The molecular weight excluding hydrogens is 286 g/mol. The summed E-state index contributed by atoms with van der Waals surface area (Å²) in [6.45, 7) is 0. The van der Waals surface area contributed by atoms with Crippen LogP contribution in [0.2, 0.25) is 0 Å². The van der Waals surface area contributed by atoms with Crippen molar-refractivity contribution < 1.29 is 9.53 Å². The number of aliphatic imine (C=N–C) groups is 1. The van der Waals surface area contributed by atoms with Crippen LogP contribution in [0.3, 0.4) is 0 Å². The van der Waals surface area contributed by atoms with E-state index in [1.807, 2.05) is 36.4 Å². The molecular formula is C20H21NO2. The van der Waals surface area contributed by atoms with Crippen LogP contribution in [0.25, 0.3) is 6.08 Å². The second kappa shape index (κ2) is 4.80. The standard InChI is InChI=1S/C20H21NO2/c22-18-17(9-13-4-2-1-3-5-13)21-19(23-18)20-10-14-6-15(11-20)8-16(7-14)12-20/h1-5,9,14-16H,6-8,10-12H2/b17-9+. The molecule has 1 aromatic carbocycles. The van der Waals surface area contributed by atoms with Gasteiger partial charge >= 0.3 is 5.97 Å². The summed E-state index contributed by atoms with van der Waals surface area (Å²) in [6.07, 6.45) is 9.50. The third kappa shape index (κ3) is 2.17. The Hall–Kier alpha value is -1.90. The van der Waals surface area contributed by atoms with Crippen molar-refractivity contribution in [2.45, 2.75) is 38.5 Å². The highest BCUT2D eigenvalue weighted by Crippen LogP contribution is 2.61. The summed E-state index contributed by atoms with van der Waals surface area (Å²) in [6, 6.07) is 9.88. The lowest BCUT2D eigenvalue weighted by molar-refractivity contribution is -0.131. The van der Waals surface area contributed by atoms with Crippen LogP contribution in [0.5, 0.6) is 0 Å². The molecule has 1 heterocycles. The van der Waals surface area contributed by atoms with Crippen LogP contribution in [-0.4, -0.2) is 11.9 Å². The monoisotopic (exact) mass is 307 g/mol. The molecule has 5 aliphatic rings. The van der Waals surface area contributed by atoms with Gasteiger partial charge < -0.3 is 4.74 Å². The number of cyclic esters (lactones) is 1. The van der Waals surface area contributed by atoms with Gasteiger partial charge in [0.25, 0.3) is 0 Å². The summed E-state index contributed by atoms with van der Waals surface area (Å²) in [5.74, 6) is 2.92. The summed E-state index contributed by atoms with van der Waals surface area (Å²) in [4.78, 5) is 16.9. The van der Waals surface area contributed by atoms with Gasteiger partial charge in [0, 0.05) is 5.41 Å². The molecule has 3 heteroatoms. The maximum atomic E-state index is 12.3. The number of carbonyl (C=O) groups is 1. The summed E-state index contributed by atoms with van der Waals surface area (Å²) < 4.78 is 5.67. The number of benzene rings is 1. The van der Waals surface area contributed by atoms with Crippen molar-refractivity contribution in [3.8, 4) is 0 Å². The van der Waals surface area contributed by atoms with E-state index in [1.54, 1.807) is 0 Å². The van der Waals surface area contributed by atoms with Gasteiger partial charge in [-0.25, -0.2) is 9.79 Å². The summed E-state index contributed by atoms with van der Waals surface area (Å²) in [7, 11) is 0. The highest BCUT2D eigenvalue weighted by Gasteiger charge is 2.55. The zero-order valence-electron chi connectivity index (χ0n) is 13.2. The normalized spacial score (nSPS) is 39.7. The average molecular weight is 307 g/mol. The van der Waals surface area contributed by atoms with Gasteiger partial charge in [0.15, 0.2) is 5.70 Å². The number of nitrogens with zero attached hydrogens (tertiary/aromatic N) is 1. The number of hydrogen-bond donors (Lipinski definition) is 0. The first-order valence-corrected chi connectivity index (χ1v) is 8.78. The lowest BCUT2D eigenvalue weighted by Gasteiger charge is -2.55. The molecule has 0 saturated heterocycles. The molecule has 0 radical (unpaired) electrons. The molecule has 1 aliphatic heterocycles. The lowest BCUT2D eigenvalue weighted by atomic mass is 9.49. The quantitative estimate of drug-likeness (QED) is 0.607. The van der Waals surface area contributed by atoms with Crippen LogP contribution < -0.4 is 0 Å². The number of esters is 1. The molecule has 118 valence electrons. The van der Waals surface area contributed by atoms with Gasteiger partial charge in [0.1, 0.15) is 0 Å². The number of rotatable bonds is 2. The summed E-state index contributed by atoms with van der Waals surface area (Å²) in [5.41, 5.74) is 1.51. The Morgan fingerprint density at radius 3 is 2.22 bits per heavy atom. The lowest BCUT2D eigenvalue weighted by Crippen LogP contribution is -2.50. The molecule has 6 rings (SSSR count). The Balaban J connectivity index is 1.49. The Morgan fingerprint density at radius 1 is 1.00 bits per heavy atom. The van der Waals surface area contributed by atoms with Gasteiger partial charge in [-0.3, -0.25) is 0 Å². The minimum Gasteiger partial charge on any atom is -0.406 e. The number of hydrogen-bond acceptors (Lipinski definition) is 3. The van der Waals surface area contributed by atoms with Crippen LogP contribution in [0.15, 0.2) is 41.0 Å². The number of ether oxygens (including phenoxy) is 1. The van der Waals surface area contributed by atoms with Crippen molar-refractivity contribution in [2.75, 3.05) is 0 Å². The van der Waals surface area contributed by atoms with E-state index in [0.717, 1.165) is 29.2 Å². The second-order valence-electron chi connectivity index (χ2n) is 7.94. The first kappa shape index (κ1) is 13.5. The van der Waals surface area contributed by atoms with Gasteiger partial charge in [-0.15, -0.1) is 0 Å². The highest BCUT2D eigenvalue weighted by molar-refractivity contribution is 6.09. The molecule has 1 aromatic rings. The van der Waals surface area contributed by atoms with Crippen LogP contribution in [-0.2, 0) is 9.53 Å². The van der Waals surface area contributed by atoms with Crippen molar-refractivity contribution in [3.63, 3.8) is 0 Å². The zero-order chi connectivity index (χ0) is 15.4. The van der Waals surface area contributed by atoms with Crippen molar-refractivity contribution >= 4 is 17.9 Å². The highest BCUT2D eigenvalue weighted by atomic mass is 16.6. The maximum Gasteiger partial charge on any atom is 0.363 e. The number of carbonyl (C=O) groups excluding carboxylic acids is 1. The average Bonchev–Trinajstić information content (AvgIpc) is 2.89. The summed E-state index contributed by atoms with van der Waals surface area (Å²) in [5, 5.41) is 0. The molecule has 0 N–H and O–H groups in total. The van der Waals surface area contributed by atoms with Crippen LogP contribution in [0.4, 0.5) is 0 Å². The SMILES string of the molecule is O=C1OC(C23CC4CC(CC(C4)C2)C3)=N/C1=C/c1ccccc1. The molecule has 4 aliphatic carbocycles. The predicted octanol–water partition coefficient (Wildman–Crippen LogP) is 4.20. The van der Waals surface area contributed by atoms with E-state index in [0.29, 0.717) is 5.70 Å². The zero-order valence-corrected chi connectivity index (χ0v) is 13.2. The predicted molar refractivity (Wildman–Crippen MR) is 88.6 cm³/mol. The van der Waals surface area contributed by atoms with E-state index >= 15 is 0 Å². The minimum atomic E-state index is -0.278. The third-order valence-electron chi connectivity index (χ3n) is 6.22. The van der Waals surface area contributed by atoms with Gasteiger partial charge in [0.05, 0.1) is 0 Å². The first-order valence-electron chi connectivity index (χ1n) is 8.78. The van der Waals surface area contributed by atoms with Crippen molar-refractivity contribution in [1.29, 1.82) is 0 Å². The van der Waals surface area contributed by atoms with Gasteiger partial charge in [-0.1, -0.05) is 30.3 Å². The fourth-order valence-corrected chi connectivity index (χ4v) is 5.72. The van der Waals surface area contributed by atoms with E-state index in [1.165, 1.54) is 38.5 Å². The third-order valence-corrected chi connectivity index (χ3v) is 6.22. The molecule has 0 aromatic heterocycles. The Kier molecular flexibility index (Phi) is 2.82. The smallest absolute Gasteiger partial charge is 0.363 e. The molecule has 0 atom stereocenters. The molecule has 0 amide bonds. The first-order chi connectivity index (χ1) is 11.2. The molecule has 4 bridgehead atoms. The van der Waals surface area contributed by atoms with Gasteiger partial charge in [-0.05, 0) is 67.9 Å². The van der Waals surface area contributed by atoms with E-state index < -0.39 is 0 Å². The van der Waals surface area contributed by atoms with Gasteiger partial charge in [-0.2, -0.15) is 0 Å². The minimum absolute atomic E-state index is 0.0523. The maximum absolute atomic E-state index is 12.3. The summed E-state index contributed by atoms with van der Waals surface area (Å²) >= 11 is 0. The van der Waals surface area contributed by atoms with Crippen LogP contribution in [0.1, 0.15) is 44.1 Å². The Bertz CT molecular complexity index is 681. The largest absolute Gasteiger partial charge is 0.406 e. The molecule has 0 unspecified atom stereocenters. The van der Waals surface area contributed by atoms with E-state index in [9.17, 15) is 4.79 Å². The molecule has 4 saturated carbocycles.